The van der Waals surface area contributed by atoms with Crippen LogP contribution in [0.2, 0.25) is 0 Å². The van der Waals surface area contributed by atoms with Crippen molar-refractivity contribution < 1.29 is 29.0 Å². The van der Waals surface area contributed by atoms with Crippen molar-refractivity contribution in [3.63, 3.8) is 0 Å². The molecule has 0 bridgehead atoms. The number of nitrogens with one attached hydrogen (secondary N) is 1. The molecule has 9 heteroatoms. The van der Waals surface area contributed by atoms with Gasteiger partial charge in [0.2, 0.25) is 5.91 Å². The third kappa shape index (κ3) is 5.38. The molecule has 1 saturated heterocycles. The number of carboxylic acid groups (broad SMARTS) is 1. The van der Waals surface area contributed by atoms with Gasteiger partial charge in [-0.25, -0.2) is 9.59 Å². The predicted molar refractivity (Wildman–Crippen MR) is 70.1 cm³/mol. The number of carboxylic acids is 1. The van der Waals surface area contributed by atoms with E-state index in [2.05, 4.69) is 10.1 Å². The Kier molecular flexibility index (Phi) is 6.10. The van der Waals surface area contributed by atoms with Crippen LogP contribution in [0.4, 0.5) is 4.79 Å². The lowest BCUT2D eigenvalue weighted by Crippen LogP contribution is -2.53. The molecule has 0 aromatic heterocycles. The number of rotatable bonds is 5. The molecular formula is C12H19N3O6. The molecule has 4 N–H and O–H groups in total. The quantitative estimate of drug-likeness (QED) is 0.589. The molecule has 2 unspecified atom stereocenters. The van der Waals surface area contributed by atoms with Gasteiger partial charge in [-0.2, -0.15) is 0 Å². The summed E-state index contributed by atoms with van der Waals surface area (Å²) in [4.78, 5) is 46.2. The number of nitrogens with zero attached hydrogens (tertiary/aromatic N) is 1. The molecule has 1 heterocycles. The van der Waals surface area contributed by atoms with E-state index in [0.717, 1.165) is 0 Å². The SMILES string of the molecule is CC1CCC(C(N)=O)CN1C(=O)NC(=O)COCC(=O)O. The molecule has 1 rings (SSSR count). The second kappa shape index (κ2) is 7.58. The number of nitrogens with two attached hydrogens (primary N) is 1. The van der Waals surface area contributed by atoms with E-state index in [1.165, 1.54) is 4.90 Å². The highest BCUT2D eigenvalue weighted by Crippen LogP contribution is 2.21. The van der Waals surface area contributed by atoms with Crippen molar-refractivity contribution in [3.05, 3.63) is 0 Å². The summed E-state index contributed by atoms with van der Waals surface area (Å²) in [6, 6.07) is -0.759. The van der Waals surface area contributed by atoms with Crippen LogP contribution in [-0.4, -0.2) is 59.6 Å². The molecule has 0 aliphatic carbocycles. The summed E-state index contributed by atoms with van der Waals surface area (Å²) < 4.78 is 4.57. The molecule has 0 aromatic rings. The maximum atomic E-state index is 12.0. The van der Waals surface area contributed by atoms with Gasteiger partial charge in [0.05, 0.1) is 5.92 Å². The lowest BCUT2D eigenvalue weighted by Gasteiger charge is -2.36. The Labute approximate surface area is 121 Å². The van der Waals surface area contributed by atoms with Crippen molar-refractivity contribution in [2.45, 2.75) is 25.8 Å². The first-order valence-corrected chi connectivity index (χ1v) is 6.50. The van der Waals surface area contributed by atoms with Gasteiger partial charge in [0.25, 0.3) is 5.91 Å². The van der Waals surface area contributed by atoms with Gasteiger partial charge >= 0.3 is 12.0 Å². The van der Waals surface area contributed by atoms with Gasteiger partial charge in [-0.05, 0) is 19.8 Å². The Bertz CT molecular complexity index is 439. The first-order valence-electron chi connectivity index (χ1n) is 6.50. The summed E-state index contributed by atoms with van der Waals surface area (Å²) in [5.74, 6) is -2.85. The third-order valence-corrected chi connectivity index (χ3v) is 3.25. The van der Waals surface area contributed by atoms with E-state index < -0.39 is 42.9 Å². The molecule has 118 valence electrons. The highest BCUT2D eigenvalue weighted by molar-refractivity contribution is 5.95. The molecule has 0 radical (unpaired) electrons. The topological polar surface area (TPSA) is 139 Å². The summed E-state index contributed by atoms with van der Waals surface area (Å²) in [5.41, 5.74) is 5.23. The van der Waals surface area contributed by atoms with E-state index in [9.17, 15) is 19.2 Å². The molecule has 9 nitrogen and oxygen atoms in total. The number of amides is 4. The van der Waals surface area contributed by atoms with Crippen LogP contribution >= 0.6 is 0 Å². The smallest absolute Gasteiger partial charge is 0.329 e. The van der Waals surface area contributed by atoms with Crippen LogP contribution < -0.4 is 11.1 Å². The van der Waals surface area contributed by atoms with Crippen LogP contribution in [0.1, 0.15) is 19.8 Å². The van der Waals surface area contributed by atoms with Gasteiger partial charge in [-0.1, -0.05) is 0 Å². The monoisotopic (exact) mass is 301 g/mol. The van der Waals surface area contributed by atoms with Crippen molar-refractivity contribution in [2.75, 3.05) is 19.8 Å². The zero-order chi connectivity index (χ0) is 16.0. The third-order valence-electron chi connectivity index (χ3n) is 3.25. The number of likely N-dealkylation sites (tertiary alicyclic amines) is 1. The molecule has 0 aromatic carbocycles. The summed E-state index contributed by atoms with van der Waals surface area (Å²) in [6.07, 6.45) is 1.22. The Morgan fingerprint density at radius 3 is 2.52 bits per heavy atom. The molecule has 0 saturated carbocycles. The number of ether oxygens (including phenoxy) is 1. The standard InChI is InChI=1S/C12H19N3O6/c1-7-2-3-8(11(13)19)4-15(7)12(20)14-9(16)5-21-6-10(17)18/h7-8H,2-6H2,1H3,(H2,13,19)(H,17,18)(H,14,16,20). The van der Waals surface area contributed by atoms with E-state index in [4.69, 9.17) is 10.8 Å². The Morgan fingerprint density at radius 1 is 1.29 bits per heavy atom. The zero-order valence-electron chi connectivity index (χ0n) is 11.7. The van der Waals surface area contributed by atoms with Crippen LogP contribution in [0.25, 0.3) is 0 Å². The van der Waals surface area contributed by atoms with E-state index in [0.29, 0.717) is 12.8 Å². The van der Waals surface area contributed by atoms with E-state index >= 15 is 0 Å². The fourth-order valence-corrected chi connectivity index (χ4v) is 2.08. The maximum absolute atomic E-state index is 12.0. The fraction of sp³-hybridized carbons (Fsp3) is 0.667. The fourth-order valence-electron chi connectivity index (χ4n) is 2.08. The van der Waals surface area contributed by atoms with E-state index in [-0.39, 0.29) is 12.6 Å². The van der Waals surface area contributed by atoms with E-state index in [1.807, 2.05) is 6.92 Å². The van der Waals surface area contributed by atoms with Crippen LogP contribution in [0.3, 0.4) is 0 Å². The largest absolute Gasteiger partial charge is 0.480 e. The summed E-state index contributed by atoms with van der Waals surface area (Å²) in [7, 11) is 0. The Balaban J connectivity index is 2.47. The predicted octanol–water partition coefficient (Wildman–Crippen LogP) is -1.09. The summed E-state index contributed by atoms with van der Waals surface area (Å²) in [6.45, 7) is 0.818. The van der Waals surface area contributed by atoms with Crippen molar-refractivity contribution in [3.8, 4) is 0 Å². The molecule has 2 atom stereocenters. The number of imide groups is 1. The molecule has 21 heavy (non-hydrogen) atoms. The normalized spacial score (nSPS) is 21.7. The minimum Gasteiger partial charge on any atom is -0.480 e. The van der Waals surface area contributed by atoms with Crippen molar-refractivity contribution in [2.24, 2.45) is 11.7 Å². The molecule has 0 spiro atoms. The number of hydrogen-bond acceptors (Lipinski definition) is 5. The zero-order valence-corrected chi connectivity index (χ0v) is 11.7. The first-order chi connectivity index (χ1) is 9.81. The number of aliphatic carboxylic acids is 1. The second-order valence-electron chi connectivity index (χ2n) is 4.92. The highest BCUT2D eigenvalue weighted by atomic mass is 16.5. The number of carbonyl (C=O) groups excluding carboxylic acids is 3. The van der Waals surface area contributed by atoms with Crippen LogP contribution in [0, 0.1) is 5.92 Å². The van der Waals surface area contributed by atoms with Gasteiger partial charge in [-0.15, -0.1) is 0 Å². The van der Waals surface area contributed by atoms with Crippen LogP contribution in [0.5, 0.6) is 0 Å². The van der Waals surface area contributed by atoms with Gasteiger partial charge in [0.1, 0.15) is 13.2 Å². The Hall–Kier alpha value is -2.16. The first kappa shape index (κ1) is 16.9. The Morgan fingerprint density at radius 2 is 1.95 bits per heavy atom. The molecular weight excluding hydrogens is 282 g/mol. The minimum absolute atomic E-state index is 0.117. The van der Waals surface area contributed by atoms with Gasteiger partial charge in [-0.3, -0.25) is 14.9 Å². The molecule has 1 aliphatic heterocycles. The van der Waals surface area contributed by atoms with E-state index in [1.54, 1.807) is 0 Å². The van der Waals surface area contributed by atoms with Crippen molar-refractivity contribution in [1.82, 2.24) is 10.2 Å². The number of carbonyl (C=O) groups is 4. The number of urea groups is 1. The van der Waals surface area contributed by atoms with Gasteiger partial charge in [0, 0.05) is 12.6 Å². The summed E-state index contributed by atoms with van der Waals surface area (Å²) >= 11 is 0. The van der Waals surface area contributed by atoms with Gasteiger partial charge in [0.15, 0.2) is 0 Å². The average molecular weight is 301 g/mol. The van der Waals surface area contributed by atoms with Crippen molar-refractivity contribution >= 4 is 23.8 Å². The van der Waals surface area contributed by atoms with Crippen molar-refractivity contribution in [1.29, 1.82) is 0 Å². The maximum Gasteiger partial charge on any atom is 0.329 e. The lowest BCUT2D eigenvalue weighted by molar-refractivity contribution is -0.143. The second-order valence-corrected chi connectivity index (χ2v) is 4.92. The molecule has 1 fully saturated rings. The van der Waals surface area contributed by atoms with Crippen LogP contribution in [-0.2, 0) is 19.1 Å². The number of piperidine rings is 1. The number of primary amides is 1. The summed E-state index contributed by atoms with van der Waals surface area (Å²) in [5, 5.41) is 10.4. The minimum atomic E-state index is -1.21. The average Bonchev–Trinajstić information content (AvgIpc) is 2.38. The number of hydrogen-bond donors (Lipinski definition) is 3. The molecule has 1 aliphatic rings. The highest BCUT2D eigenvalue weighted by Gasteiger charge is 2.32. The van der Waals surface area contributed by atoms with Gasteiger partial charge < -0.3 is 20.5 Å². The van der Waals surface area contributed by atoms with Crippen LogP contribution in [0.15, 0.2) is 0 Å². The lowest BCUT2D eigenvalue weighted by atomic mass is 9.93. The molecule has 4 amide bonds.